The number of phenolic OH excluding ortho intramolecular Hbond substituents is 1. The number of aryl methyl sites for hydroxylation is 2. The smallest absolute Gasteiger partial charge is 0.344 e. The van der Waals surface area contributed by atoms with Crippen LogP contribution in [0, 0.1) is 6.92 Å². The van der Waals surface area contributed by atoms with Crippen LogP contribution in [0.1, 0.15) is 37.3 Å². The molecule has 0 saturated carbocycles. The molecule has 0 atom stereocenters. The van der Waals surface area contributed by atoms with Gasteiger partial charge in [-0.15, -0.1) is 0 Å². The van der Waals surface area contributed by atoms with Crippen molar-refractivity contribution in [2.24, 2.45) is 0 Å². The van der Waals surface area contributed by atoms with Crippen molar-refractivity contribution >= 4 is 11.0 Å². The molecule has 124 valence electrons. The molecule has 2 aromatic carbocycles. The van der Waals surface area contributed by atoms with Crippen molar-refractivity contribution < 1.29 is 9.52 Å². The van der Waals surface area contributed by atoms with Crippen molar-refractivity contribution in [1.29, 1.82) is 0 Å². The van der Waals surface area contributed by atoms with Crippen molar-refractivity contribution in [2.45, 2.75) is 39.5 Å². The molecule has 0 bridgehead atoms. The summed E-state index contributed by atoms with van der Waals surface area (Å²) in [5.41, 5.74) is 3.87. The topological polar surface area (TPSA) is 50.4 Å². The number of unbranched alkanes of at least 4 members (excludes halogenated alkanes) is 2. The van der Waals surface area contributed by atoms with Gasteiger partial charge in [-0.3, -0.25) is 0 Å². The van der Waals surface area contributed by atoms with Gasteiger partial charge in [-0.1, -0.05) is 38.0 Å². The van der Waals surface area contributed by atoms with Gasteiger partial charge in [0.05, 0.1) is 5.56 Å². The monoisotopic (exact) mass is 322 g/mol. The Balaban J connectivity index is 1.99. The first-order valence-electron chi connectivity index (χ1n) is 8.45. The van der Waals surface area contributed by atoms with Crippen LogP contribution in [-0.4, -0.2) is 5.11 Å². The summed E-state index contributed by atoms with van der Waals surface area (Å²) in [4.78, 5) is 12.3. The third-order valence-electron chi connectivity index (χ3n) is 4.37. The first-order valence-corrected chi connectivity index (χ1v) is 8.45. The van der Waals surface area contributed by atoms with Crippen LogP contribution in [0.15, 0.2) is 51.7 Å². The average molecular weight is 322 g/mol. The maximum atomic E-state index is 12.3. The van der Waals surface area contributed by atoms with E-state index >= 15 is 0 Å². The molecular formula is C21H22O3. The zero-order valence-corrected chi connectivity index (χ0v) is 14.1. The van der Waals surface area contributed by atoms with Crippen LogP contribution in [0.3, 0.4) is 0 Å². The fourth-order valence-corrected chi connectivity index (χ4v) is 3.05. The average Bonchev–Trinajstić information content (AvgIpc) is 2.55. The third kappa shape index (κ3) is 3.35. The van der Waals surface area contributed by atoms with Gasteiger partial charge in [0, 0.05) is 11.5 Å². The van der Waals surface area contributed by atoms with Gasteiger partial charge >= 0.3 is 5.63 Å². The maximum Gasteiger partial charge on any atom is 0.344 e. The molecule has 3 nitrogen and oxygen atoms in total. The number of aromatic hydroxyl groups is 1. The van der Waals surface area contributed by atoms with Gasteiger partial charge in [0.25, 0.3) is 0 Å². The summed E-state index contributed by atoms with van der Waals surface area (Å²) in [6.07, 6.45) is 4.71. The van der Waals surface area contributed by atoms with Crippen molar-refractivity contribution in [3.05, 3.63) is 64.0 Å². The van der Waals surface area contributed by atoms with E-state index in [0.717, 1.165) is 22.9 Å². The second-order valence-corrected chi connectivity index (χ2v) is 6.28. The molecule has 24 heavy (non-hydrogen) atoms. The maximum absolute atomic E-state index is 12.3. The molecule has 0 aliphatic carbocycles. The van der Waals surface area contributed by atoms with Crippen LogP contribution in [0.5, 0.6) is 5.75 Å². The molecule has 1 aromatic heterocycles. The fraction of sp³-hybridized carbons (Fsp3) is 0.286. The van der Waals surface area contributed by atoms with Gasteiger partial charge in [-0.2, -0.15) is 0 Å². The minimum Gasteiger partial charge on any atom is -0.508 e. The van der Waals surface area contributed by atoms with Gasteiger partial charge in [-0.05, 0) is 54.7 Å². The van der Waals surface area contributed by atoms with Crippen LogP contribution in [0.2, 0.25) is 0 Å². The predicted octanol–water partition coefficient (Wildman–Crippen LogP) is 5.21. The Morgan fingerprint density at radius 2 is 1.83 bits per heavy atom. The quantitative estimate of drug-likeness (QED) is 0.518. The standard InChI is InChI=1S/C21H22O3/c1-3-4-5-6-15-7-10-18(14(2)11-15)19-12-16-8-9-17(22)13-20(16)24-21(19)23/h7-13,22H,3-6H2,1-2H3. The summed E-state index contributed by atoms with van der Waals surface area (Å²) in [6, 6.07) is 12.9. The van der Waals surface area contributed by atoms with E-state index in [1.54, 1.807) is 12.1 Å². The van der Waals surface area contributed by atoms with Crippen molar-refractivity contribution in [3.8, 4) is 16.9 Å². The summed E-state index contributed by atoms with van der Waals surface area (Å²) in [5.74, 6) is 0.0889. The van der Waals surface area contributed by atoms with Gasteiger partial charge < -0.3 is 9.52 Å². The molecule has 3 rings (SSSR count). The second kappa shape index (κ2) is 6.91. The third-order valence-corrected chi connectivity index (χ3v) is 4.37. The summed E-state index contributed by atoms with van der Waals surface area (Å²) >= 11 is 0. The highest BCUT2D eigenvalue weighted by atomic mass is 16.4. The van der Waals surface area contributed by atoms with E-state index in [2.05, 4.69) is 19.1 Å². The molecule has 0 fully saturated rings. The lowest BCUT2D eigenvalue weighted by Crippen LogP contribution is -2.04. The zero-order valence-electron chi connectivity index (χ0n) is 14.1. The van der Waals surface area contributed by atoms with Crippen LogP contribution >= 0.6 is 0 Å². The number of fused-ring (bicyclic) bond motifs is 1. The number of hydrogen-bond donors (Lipinski definition) is 1. The number of benzene rings is 2. The summed E-state index contributed by atoms with van der Waals surface area (Å²) in [6.45, 7) is 4.23. The van der Waals surface area contributed by atoms with E-state index in [4.69, 9.17) is 4.42 Å². The molecule has 1 N–H and O–H groups in total. The van der Waals surface area contributed by atoms with E-state index in [1.807, 2.05) is 19.1 Å². The predicted molar refractivity (Wildman–Crippen MR) is 97.6 cm³/mol. The molecule has 3 aromatic rings. The molecule has 0 radical (unpaired) electrons. The zero-order chi connectivity index (χ0) is 17.1. The lowest BCUT2D eigenvalue weighted by molar-refractivity contribution is 0.473. The number of rotatable bonds is 5. The summed E-state index contributed by atoms with van der Waals surface area (Å²) in [7, 11) is 0. The lowest BCUT2D eigenvalue weighted by Gasteiger charge is -2.09. The molecule has 1 heterocycles. The fourth-order valence-electron chi connectivity index (χ4n) is 3.05. The number of phenols is 1. The normalized spacial score (nSPS) is 11.1. The van der Waals surface area contributed by atoms with Crippen molar-refractivity contribution in [2.75, 3.05) is 0 Å². The van der Waals surface area contributed by atoms with Crippen molar-refractivity contribution in [1.82, 2.24) is 0 Å². The van der Waals surface area contributed by atoms with Crippen LogP contribution in [0.4, 0.5) is 0 Å². The largest absolute Gasteiger partial charge is 0.508 e. The van der Waals surface area contributed by atoms with Crippen LogP contribution in [0.25, 0.3) is 22.1 Å². The molecule has 0 aliphatic heterocycles. The highest BCUT2D eigenvalue weighted by Crippen LogP contribution is 2.26. The molecule has 0 amide bonds. The van der Waals surface area contributed by atoms with E-state index < -0.39 is 0 Å². The minimum absolute atomic E-state index is 0.0889. The molecule has 0 saturated heterocycles. The first-order chi connectivity index (χ1) is 11.6. The Morgan fingerprint density at radius 1 is 1.00 bits per heavy atom. The first kappa shape index (κ1) is 16.3. The van der Waals surface area contributed by atoms with Gasteiger partial charge in [-0.25, -0.2) is 4.79 Å². The van der Waals surface area contributed by atoms with E-state index in [1.165, 1.54) is 30.9 Å². The highest BCUT2D eigenvalue weighted by molar-refractivity contribution is 5.83. The van der Waals surface area contributed by atoms with Crippen LogP contribution in [-0.2, 0) is 6.42 Å². The van der Waals surface area contributed by atoms with Gasteiger partial charge in [0.2, 0.25) is 0 Å². The SMILES string of the molecule is CCCCCc1ccc(-c2cc3ccc(O)cc3oc2=O)c(C)c1. The Morgan fingerprint density at radius 3 is 2.58 bits per heavy atom. The van der Waals surface area contributed by atoms with E-state index in [-0.39, 0.29) is 11.4 Å². The second-order valence-electron chi connectivity index (χ2n) is 6.28. The van der Waals surface area contributed by atoms with Gasteiger partial charge in [0.1, 0.15) is 11.3 Å². The minimum atomic E-state index is -0.380. The van der Waals surface area contributed by atoms with Crippen LogP contribution < -0.4 is 5.63 Å². The molecular weight excluding hydrogens is 300 g/mol. The Kier molecular flexibility index (Phi) is 4.70. The van der Waals surface area contributed by atoms with E-state index in [9.17, 15) is 9.90 Å². The summed E-state index contributed by atoms with van der Waals surface area (Å²) < 4.78 is 5.38. The number of hydrogen-bond acceptors (Lipinski definition) is 3. The Labute approximate surface area is 141 Å². The molecule has 0 spiro atoms. The molecule has 0 aliphatic rings. The van der Waals surface area contributed by atoms with E-state index in [0.29, 0.717) is 11.1 Å². The summed E-state index contributed by atoms with van der Waals surface area (Å²) in [5, 5.41) is 10.3. The Hall–Kier alpha value is -2.55. The molecule has 3 heteroatoms. The lowest BCUT2D eigenvalue weighted by atomic mass is 9.97. The molecule has 0 unspecified atom stereocenters. The van der Waals surface area contributed by atoms with Crippen molar-refractivity contribution in [3.63, 3.8) is 0 Å². The highest BCUT2D eigenvalue weighted by Gasteiger charge is 2.11. The Bertz CT molecular complexity index is 922. The van der Waals surface area contributed by atoms with Gasteiger partial charge in [0.15, 0.2) is 0 Å².